The number of nitrogens with one attached hydrogen (secondary N) is 2. The van der Waals surface area contributed by atoms with Gasteiger partial charge in [-0.3, -0.25) is 4.79 Å². The molecule has 2 heterocycles. The number of anilines is 1. The Morgan fingerprint density at radius 3 is 2.79 bits per heavy atom. The molecule has 3 aromatic rings. The van der Waals surface area contributed by atoms with Crippen molar-refractivity contribution in [1.29, 1.82) is 0 Å². The van der Waals surface area contributed by atoms with Gasteiger partial charge < -0.3 is 35.3 Å². The second kappa shape index (κ2) is 14.0. The van der Waals surface area contributed by atoms with E-state index in [-0.39, 0.29) is 24.8 Å². The molecule has 210 valence electrons. The fourth-order valence-corrected chi connectivity index (χ4v) is 5.09. The molecule has 10 nitrogen and oxygen atoms in total. The second-order valence-corrected chi connectivity index (χ2v) is 9.86. The van der Waals surface area contributed by atoms with E-state index in [4.69, 9.17) is 20.2 Å². The molecule has 39 heavy (non-hydrogen) atoms. The van der Waals surface area contributed by atoms with Crippen LogP contribution in [0.2, 0.25) is 0 Å². The molecule has 1 saturated heterocycles. The van der Waals surface area contributed by atoms with Crippen molar-refractivity contribution in [2.75, 3.05) is 45.3 Å². The normalized spacial score (nSPS) is 16.2. The number of imidazole rings is 1. The number of likely N-dealkylation sites (tertiary alicyclic amines) is 1. The van der Waals surface area contributed by atoms with Gasteiger partial charge in [0.2, 0.25) is 5.91 Å². The summed E-state index contributed by atoms with van der Waals surface area (Å²) in [4.78, 5) is 32.4. The van der Waals surface area contributed by atoms with Gasteiger partial charge in [0.1, 0.15) is 11.6 Å². The predicted molar refractivity (Wildman–Crippen MR) is 152 cm³/mol. The van der Waals surface area contributed by atoms with Gasteiger partial charge in [-0.25, -0.2) is 9.78 Å². The molecule has 2 atom stereocenters. The second-order valence-electron chi connectivity index (χ2n) is 9.86. The third-order valence-electron chi connectivity index (χ3n) is 6.95. The topological polar surface area (TPSA) is 124 Å². The van der Waals surface area contributed by atoms with Gasteiger partial charge in [0.15, 0.2) is 0 Å². The number of urea groups is 1. The number of carbonyl (C=O) groups excluding carboxylic acids is 2. The Morgan fingerprint density at radius 1 is 1.18 bits per heavy atom. The summed E-state index contributed by atoms with van der Waals surface area (Å²) in [5.74, 6) is 1.78. The summed E-state index contributed by atoms with van der Waals surface area (Å²) in [6.45, 7) is 5.38. The van der Waals surface area contributed by atoms with Crippen molar-refractivity contribution in [2.45, 2.75) is 51.1 Å². The minimum absolute atomic E-state index is 0.00172. The molecule has 1 fully saturated rings. The van der Waals surface area contributed by atoms with Crippen LogP contribution in [0, 0.1) is 0 Å². The van der Waals surface area contributed by atoms with E-state index in [1.54, 1.807) is 19.2 Å². The van der Waals surface area contributed by atoms with E-state index in [0.29, 0.717) is 37.7 Å². The minimum Gasteiger partial charge on any atom is -0.492 e. The number of aromatic nitrogens is 2. The van der Waals surface area contributed by atoms with E-state index >= 15 is 0 Å². The van der Waals surface area contributed by atoms with Crippen LogP contribution in [-0.4, -0.2) is 72.4 Å². The number of piperidine rings is 1. The Hall–Kier alpha value is -3.63. The molecule has 0 bridgehead atoms. The van der Waals surface area contributed by atoms with Crippen LogP contribution in [0.4, 0.5) is 10.5 Å². The van der Waals surface area contributed by atoms with E-state index in [2.05, 4.69) is 21.3 Å². The van der Waals surface area contributed by atoms with E-state index in [1.807, 2.05) is 42.2 Å². The van der Waals surface area contributed by atoms with Gasteiger partial charge in [-0.1, -0.05) is 24.3 Å². The molecule has 1 aromatic heterocycles. The summed E-state index contributed by atoms with van der Waals surface area (Å²) < 4.78 is 13.1. The Bertz CT molecular complexity index is 1250. The van der Waals surface area contributed by atoms with Crippen molar-refractivity contribution in [3.8, 4) is 5.75 Å². The lowest BCUT2D eigenvalue weighted by Crippen LogP contribution is -2.45. The van der Waals surface area contributed by atoms with Crippen molar-refractivity contribution in [3.63, 3.8) is 0 Å². The highest BCUT2D eigenvalue weighted by Crippen LogP contribution is 2.30. The zero-order valence-corrected chi connectivity index (χ0v) is 22.9. The highest BCUT2D eigenvalue weighted by molar-refractivity contribution is 5.91. The number of benzene rings is 2. The lowest BCUT2D eigenvalue weighted by atomic mass is 9.96. The smallest absolute Gasteiger partial charge is 0.319 e. The fraction of sp³-hybridized carbons (Fsp3) is 0.483. The highest BCUT2D eigenvalue weighted by Gasteiger charge is 2.29. The summed E-state index contributed by atoms with van der Waals surface area (Å²) >= 11 is 0. The first-order valence-corrected chi connectivity index (χ1v) is 13.7. The van der Waals surface area contributed by atoms with Crippen molar-refractivity contribution in [1.82, 2.24) is 19.8 Å². The summed E-state index contributed by atoms with van der Waals surface area (Å²) in [5.41, 5.74) is 8.91. The van der Waals surface area contributed by atoms with Gasteiger partial charge in [0.25, 0.3) is 0 Å². The number of hydrogen-bond acceptors (Lipinski definition) is 6. The average Bonchev–Trinajstić information content (AvgIpc) is 3.32. The van der Waals surface area contributed by atoms with Crippen molar-refractivity contribution >= 4 is 28.7 Å². The lowest BCUT2D eigenvalue weighted by molar-refractivity contribution is -0.132. The van der Waals surface area contributed by atoms with Crippen LogP contribution in [0.25, 0.3) is 11.0 Å². The Balaban J connectivity index is 1.32. The molecule has 2 aromatic carbocycles. The molecule has 4 rings (SSSR count). The van der Waals surface area contributed by atoms with E-state index < -0.39 is 12.1 Å². The molecular formula is C29H40N6O4. The van der Waals surface area contributed by atoms with Crippen LogP contribution >= 0.6 is 0 Å². The number of para-hydroxylation sites is 4. The molecule has 3 amide bonds. The van der Waals surface area contributed by atoms with Crippen LogP contribution in [0.1, 0.15) is 44.3 Å². The number of aryl methyl sites for hydroxylation is 1. The van der Waals surface area contributed by atoms with Crippen LogP contribution in [0.3, 0.4) is 0 Å². The van der Waals surface area contributed by atoms with Gasteiger partial charge in [0.05, 0.1) is 23.3 Å². The number of fused-ring (bicyclic) bond motifs is 1. The molecule has 0 aliphatic carbocycles. The minimum atomic E-state index is -0.496. The van der Waals surface area contributed by atoms with E-state index in [1.165, 1.54) is 0 Å². The first kappa shape index (κ1) is 28.4. The number of rotatable bonds is 12. The molecule has 0 spiro atoms. The van der Waals surface area contributed by atoms with Crippen LogP contribution in [-0.2, 0) is 16.1 Å². The van der Waals surface area contributed by atoms with Crippen molar-refractivity contribution in [2.24, 2.45) is 5.73 Å². The van der Waals surface area contributed by atoms with E-state index in [0.717, 1.165) is 42.7 Å². The largest absolute Gasteiger partial charge is 0.492 e. The van der Waals surface area contributed by atoms with Gasteiger partial charge in [-0.15, -0.1) is 0 Å². The number of carbonyl (C=O) groups is 2. The highest BCUT2D eigenvalue weighted by atomic mass is 16.5. The van der Waals surface area contributed by atoms with E-state index in [9.17, 15) is 9.59 Å². The van der Waals surface area contributed by atoms with Gasteiger partial charge in [-0.05, 0) is 50.5 Å². The number of methoxy groups -OCH3 is 1. The Kier molecular flexibility index (Phi) is 10.2. The first-order chi connectivity index (χ1) is 19.0. The summed E-state index contributed by atoms with van der Waals surface area (Å²) in [6, 6.07) is 14.5. The quantitative estimate of drug-likeness (QED) is 0.303. The molecule has 0 radical (unpaired) electrons. The molecule has 1 aliphatic rings. The Labute approximate surface area is 229 Å². The fourth-order valence-electron chi connectivity index (χ4n) is 5.09. The van der Waals surface area contributed by atoms with Crippen LogP contribution < -0.4 is 21.1 Å². The first-order valence-electron chi connectivity index (χ1n) is 13.7. The Morgan fingerprint density at radius 2 is 1.97 bits per heavy atom. The van der Waals surface area contributed by atoms with Gasteiger partial charge >= 0.3 is 6.03 Å². The molecule has 0 unspecified atom stereocenters. The van der Waals surface area contributed by atoms with Crippen molar-refractivity contribution < 1.29 is 19.1 Å². The molecule has 1 aliphatic heterocycles. The zero-order valence-electron chi connectivity index (χ0n) is 22.9. The third kappa shape index (κ3) is 7.48. The summed E-state index contributed by atoms with van der Waals surface area (Å²) in [5, 5.41) is 5.55. The molecular weight excluding hydrogens is 496 g/mol. The number of nitrogens with zero attached hydrogens (tertiary/aromatic N) is 3. The molecule has 0 saturated carbocycles. The lowest BCUT2D eigenvalue weighted by Gasteiger charge is -2.33. The third-order valence-corrected chi connectivity index (χ3v) is 6.95. The van der Waals surface area contributed by atoms with Crippen LogP contribution in [0.15, 0.2) is 48.5 Å². The maximum Gasteiger partial charge on any atom is 0.319 e. The SMILES string of the molecule is CCOc1ccccc1NC(=O)NC[C@@H](N)CC(=O)N1CCC[C@@H](c2nc3ccccc3n2CCCOC)C1. The van der Waals surface area contributed by atoms with Gasteiger partial charge in [0, 0.05) is 58.3 Å². The number of nitrogens with two attached hydrogens (primary N) is 1. The monoisotopic (exact) mass is 536 g/mol. The predicted octanol–water partition coefficient (Wildman–Crippen LogP) is 3.72. The van der Waals surface area contributed by atoms with Crippen LogP contribution in [0.5, 0.6) is 5.75 Å². The average molecular weight is 537 g/mol. The molecule has 10 heteroatoms. The maximum atomic E-state index is 13.2. The zero-order chi connectivity index (χ0) is 27.6. The molecule has 4 N–H and O–H groups in total. The number of ether oxygens (including phenoxy) is 2. The van der Waals surface area contributed by atoms with Gasteiger partial charge in [-0.2, -0.15) is 0 Å². The number of hydrogen-bond donors (Lipinski definition) is 3. The van der Waals surface area contributed by atoms with Crippen molar-refractivity contribution in [3.05, 3.63) is 54.4 Å². The summed E-state index contributed by atoms with van der Waals surface area (Å²) in [7, 11) is 1.71. The maximum absolute atomic E-state index is 13.2. The standard InChI is InChI=1S/C29H40N6O4/c1-3-39-26-14-7-5-12-24(26)33-29(37)31-19-22(30)18-27(36)34-15-8-10-21(20-34)28-32-23-11-4-6-13-25(23)35(28)16-9-17-38-2/h4-7,11-14,21-22H,3,8-10,15-20,30H2,1-2H3,(H2,31,33,37)/t21-,22+/m1/s1. The number of amides is 3. The summed E-state index contributed by atoms with van der Waals surface area (Å²) in [6.07, 6.45) is 2.94.